The minimum atomic E-state index is -1.19. The lowest BCUT2D eigenvalue weighted by atomic mass is 10.1. The summed E-state index contributed by atoms with van der Waals surface area (Å²) < 4.78 is 0. The lowest BCUT2D eigenvalue weighted by Crippen LogP contribution is -2.41. The van der Waals surface area contributed by atoms with Gasteiger partial charge in [-0.3, -0.25) is 14.5 Å². The van der Waals surface area contributed by atoms with Crippen LogP contribution in [0.5, 0.6) is 0 Å². The zero-order valence-corrected chi connectivity index (χ0v) is 23.9. The van der Waals surface area contributed by atoms with Gasteiger partial charge in [-0.15, -0.1) is 0 Å². The van der Waals surface area contributed by atoms with Gasteiger partial charge < -0.3 is 30.8 Å². The molecule has 1 atom stereocenters. The highest BCUT2D eigenvalue weighted by Crippen LogP contribution is 2.09. The third kappa shape index (κ3) is 30.1. The van der Waals surface area contributed by atoms with Crippen molar-refractivity contribution in [3.05, 3.63) is 24.3 Å². The van der Waals surface area contributed by atoms with Crippen LogP contribution < -0.4 is 5.32 Å². The molecular weight excluding hydrogens is 504 g/mol. The van der Waals surface area contributed by atoms with Gasteiger partial charge in [-0.05, 0) is 44.9 Å². The molecule has 1 amide bonds. The second kappa shape index (κ2) is 30.3. The Morgan fingerprint density at radius 3 is 1.72 bits per heavy atom. The van der Waals surface area contributed by atoms with Crippen LogP contribution in [0, 0.1) is 0 Å². The van der Waals surface area contributed by atoms with Gasteiger partial charge in [-0.2, -0.15) is 0 Å². The van der Waals surface area contributed by atoms with E-state index in [-0.39, 0.29) is 45.0 Å². The minimum absolute atomic E-state index is 0.0694. The van der Waals surface area contributed by atoms with Gasteiger partial charge in [0.05, 0.1) is 19.8 Å². The first-order valence-corrected chi connectivity index (χ1v) is 14.4. The summed E-state index contributed by atoms with van der Waals surface area (Å²) in [5, 5.41) is 45.5. The fraction of sp³-hybridized carbons (Fsp3) is 0.759. The van der Waals surface area contributed by atoms with E-state index in [1.165, 1.54) is 25.7 Å². The molecule has 0 heterocycles. The fourth-order valence-corrected chi connectivity index (χ4v) is 3.65. The van der Waals surface area contributed by atoms with E-state index in [9.17, 15) is 14.4 Å². The van der Waals surface area contributed by atoms with Crippen LogP contribution in [0.2, 0.25) is 0 Å². The molecule has 0 bridgehead atoms. The fourth-order valence-electron chi connectivity index (χ4n) is 3.65. The summed E-state index contributed by atoms with van der Waals surface area (Å²) >= 11 is 0. The SMILES string of the molecule is CCCCC/C=C\C/C=C\CCCCCCCC(=O)N[C@@H](CCC(=O)O)C(=O)O.OCCN(CCO)CCO. The summed E-state index contributed by atoms with van der Waals surface area (Å²) in [4.78, 5) is 35.2. The molecule has 10 nitrogen and oxygen atoms in total. The highest BCUT2D eigenvalue weighted by Gasteiger charge is 2.20. The van der Waals surface area contributed by atoms with Gasteiger partial charge >= 0.3 is 11.9 Å². The number of nitrogens with zero attached hydrogens (tertiary/aromatic N) is 1. The number of carbonyl (C=O) groups excluding carboxylic acids is 1. The number of carboxylic acid groups (broad SMARTS) is 2. The molecule has 39 heavy (non-hydrogen) atoms. The zero-order chi connectivity index (χ0) is 29.6. The number of carbonyl (C=O) groups is 3. The van der Waals surface area contributed by atoms with Crippen molar-refractivity contribution in [1.29, 1.82) is 0 Å². The number of allylic oxidation sites excluding steroid dienone is 4. The highest BCUT2D eigenvalue weighted by molar-refractivity contribution is 5.83. The van der Waals surface area contributed by atoms with E-state index in [0.29, 0.717) is 19.6 Å². The van der Waals surface area contributed by atoms with Crippen LogP contribution in [0.25, 0.3) is 0 Å². The van der Waals surface area contributed by atoms with Crippen LogP contribution in [-0.4, -0.2) is 93.8 Å². The maximum atomic E-state index is 11.8. The van der Waals surface area contributed by atoms with Gasteiger partial charge in [-0.25, -0.2) is 4.79 Å². The van der Waals surface area contributed by atoms with Gasteiger partial charge in [0.1, 0.15) is 6.04 Å². The molecule has 0 aromatic carbocycles. The summed E-state index contributed by atoms with van der Waals surface area (Å²) in [6, 6.07) is -1.13. The van der Waals surface area contributed by atoms with E-state index >= 15 is 0 Å². The Kier molecular flexibility index (Phi) is 30.2. The normalized spacial score (nSPS) is 12.0. The molecule has 10 heteroatoms. The average Bonchev–Trinajstić information content (AvgIpc) is 2.89. The quantitative estimate of drug-likeness (QED) is 0.0726. The smallest absolute Gasteiger partial charge is 0.326 e. The molecule has 0 radical (unpaired) electrons. The number of amides is 1. The van der Waals surface area contributed by atoms with Gasteiger partial charge in [0.2, 0.25) is 5.91 Å². The molecule has 0 aromatic rings. The predicted molar refractivity (Wildman–Crippen MR) is 153 cm³/mol. The van der Waals surface area contributed by atoms with Crippen molar-refractivity contribution in [3.8, 4) is 0 Å². The van der Waals surface area contributed by atoms with Crippen LogP contribution in [-0.2, 0) is 14.4 Å². The summed E-state index contributed by atoms with van der Waals surface area (Å²) in [5.74, 6) is -2.59. The van der Waals surface area contributed by atoms with Crippen molar-refractivity contribution in [2.24, 2.45) is 0 Å². The Bertz CT molecular complexity index is 641. The molecule has 0 aliphatic heterocycles. The first-order chi connectivity index (χ1) is 18.8. The Morgan fingerprint density at radius 1 is 0.718 bits per heavy atom. The largest absolute Gasteiger partial charge is 0.481 e. The number of hydrogen-bond acceptors (Lipinski definition) is 7. The second-order valence-corrected chi connectivity index (χ2v) is 9.38. The standard InChI is InChI=1S/C23H39NO5.C6H15NO3/c1-2-3-4-5-6-7-8-9-10-11-12-13-14-15-16-17-21(25)24-20(23(28)29)18-19-22(26)27;8-4-1-7(2-5-9)3-6-10/h6-7,9-10,20H,2-5,8,11-19H2,1H3,(H,24,25)(H,26,27)(H,28,29);8-10H,1-6H2/b7-6-,10-9-;/t20-;/m0./s1. The van der Waals surface area contributed by atoms with Gasteiger partial charge in [-0.1, -0.05) is 63.3 Å². The number of rotatable bonds is 25. The number of aliphatic hydroxyl groups is 3. The van der Waals surface area contributed by atoms with Crippen molar-refractivity contribution < 1.29 is 39.9 Å². The molecule has 0 unspecified atom stereocenters. The van der Waals surface area contributed by atoms with E-state index < -0.39 is 18.0 Å². The van der Waals surface area contributed by atoms with E-state index in [4.69, 9.17) is 25.5 Å². The third-order valence-corrected chi connectivity index (χ3v) is 5.88. The summed E-state index contributed by atoms with van der Waals surface area (Å²) in [6.45, 7) is 3.97. The number of aliphatic carboxylic acids is 2. The lowest BCUT2D eigenvalue weighted by Gasteiger charge is -2.17. The van der Waals surface area contributed by atoms with Crippen molar-refractivity contribution in [3.63, 3.8) is 0 Å². The summed E-state index contributed by atoms with van der Waals surface area (Å²) in [7, 11) is 0. The third-order valence-electron chi connectivity index (χ3n) is 5.88. The zero-order valence-electron chi connectivity index (χ0n) is 23.9. The maximum Gasteiger partial charge on any atom is 0.326 e. The molecule has 0 aromatic heterocycles. The van der Waals surface area contributed by atoms with Crippen molar-refractivity contribution >= 4 is 17.8 Å². The van der Waals surface area contributed by atoms with Crippen LogP contribution >= 0.6 is 0 Å². The Morgan fingerprint density at radius 2 is 1.23 bits per heavy atom. The van der Waals surface area contributed by atoms with Crippen molar-refractivity contribution in [2.75, 3.05) is 39.5 Å². The number of aliphatic hydroxyl groups excluding tert-OH is 3. The molecule has 0 aliphatic carbocycles. The van der Waals surface area contributed by atoms with Crippen molar-refractivity contribution in [2.45, 2.75) is 103 Å². The molecule has 0 rings (SSSR count). The molecule has 6 N–H and O–H groups in total. The Labute approximate surface area is 234 Å². The van der Waals surface area contributed by atoms with Crippen molar-refractivity contribution in [1.82, 2.24) is 10.2 Å². The lowest BCUT2D eigenvalue weighted by molar-refractivity contribution is -0.143. The molecule has 0 saturated heterocycles. The molecular formula is C29H54N2O8. The number of carboxylic acids is 2. The van der Waals surface area contributed by atoms with E-state index in [1.54, 1.807) is 4.90 Å². The minimum Gasteiger partial charge on any atom is -0.481 e. The Balaban J connectivity index is 0. The summed E-state index contributed by atoms with van der Waals surface area (Å²) in [6.07, 6.45) is 20.9. The van der Waals surface area contributed by atoms with Crippen LogP contribution in [0.1, 0.15) is 96.8 Å². The molecule has 0 fully saturated rings. The topological polar surface area (TPSA) is 168 Å². The molecule has 0 aliphatic rings. The molecule has 0 spiro atoms. The summed E-state index contributed by atoms with van der Waals surface area (Å²) in [5.41, 5.74) is 0. The number of hydrogen-bond donors (Lipinski definition) is 6. The maximum absolute atomic E-state index is 11.8. The number of unbranched alkanes of at least 4 members (excludes halogenated alkanes) is 8. The number of nitrogens with one attached hydrogen (secondary N) is 1. The van der Waals surface area contributed by atoms with Crippen LogP contribution in [0.15, 0.2) is 24.3 Å². The van der Waals surface area contributed by atoms with Gasteiger partial charge in [0.25, 0.3) is 0 Å². The van der Waals surface area contributed by atoms with E-state index in [0.717, 1.165) is 44.9 Å². The van der Waals surface area contributed by atoms with E-state index in [2.05, 4.69) is 36.5 Å². The van der Waals surface area contributed by atoms with Gasteiger partial charge in [0.15, 0.2) is 0 Å². The second-order valence-electron chi connectivity index (χ2n) is 9.38. The average molecular weight is 559 g/mol. The first kappa shape index (κ1) is 38.9. The highest BCUT2D eigenvalue weighted by atomic mass is 16.4. The molecule has 0 saturated carbocycles. The molecule has 228 valence electrons. The van der Waals surface area contributed by atoms with Crippen LogP contribution in [0.3, 0.4) is 0 Å². The van der Waals surface area contributed by atoms with Gasteiger partial charge in [0, 0.05) is 32.5 Å². The monoisotopic (exact) mass is 558 g/mol. The predicted octanol–water partition coefficient (Wildman–Crippen LogP) is 3.50. The van der Waals surface area contributed by atoms with E-state index in [1.807, 2.05) is 0 Å². The van der Waals surface area contributed by atoms with Crippen LogP contribution in [0.4, 0.5) is 0 Å². The Hall–Kier alpha value is -2.27. The first-order valence-electron chi connectivity index (χ1n) is 14.4.